The van der Waals surface area contributed by atoms with Gasteiger partial charge in [0, 0.05) is 17.7 Å². The molecule has 10 heteroatoms. The summed E-state index contributed by atoms with van der Waals surface area (Å²) < 4.78 is 15.6. The SMILES string of the molecule is COc1ccc(C(=O)N/C(=C\c2cccc([N+](=O)[O-])c2)C(=O)NCc2ccco2)cc1OC. The van der Waals surface area contributed by atoms with Crippen LogP contribution in [0.15, 0.2) is 71.0 Å². The van der Waals surface area contributed by atoms with E-state index in [1.165, 1.54) is 56.9 Å². The normalized spacial score (nSPS) is 10.9. The highest BCUT2D eigenvalue weighted by atomic mass is 16.6. The maximum absolute atomic E-state index is 12.9. The van der Waals surface area contributed by atoms with Crippen molar-refractivity contribution >= 4 is 23.6 Å². The van der Waals surface area contributed by atoms with Gasteiger partial charge < -0.3 is 24.5 Å². The number of hydrogen-bond donors (Lipinski definition) is 2. The Bertz CT molecular complexity index is 1190. The average Bonchev–Trinajstić information content (AvgIpc) is 3.35. The summed E-state index contributed by atoms with van der Waals surface area (Å²) in [5, 5.41) is 16.3. The Morgan fingerprint density at radius 1 is 1.06 bits per heavy atom. The minimum atomic E-state index is -0.605. The van der Waals surface area contributed by atoms with Crippen molar-refractivity contribution in [2.75, 3.05) is 14.2 Å². The highest BCUT2D eigenvalue weighted by Crippen LogP contribution is 2.27. The molecule has 0 bridgehead atoms. The van der Waals surface area contributed by atoms with E-state index in [9.17, 15) is 19.7 Å². The number of hydrogen-bond acceptors (Lipinski definition) is 7. The first-order valence-corrected chi connectivity index (χ1v) is 9.71. The number of benzene rings is 2. The Hall–Kier alpha value is -4.60. The van der Waals surface area contributed by atoms with Crippen LogP contribution in [0.4, 0.5) is 5.69 Å². The molecule has 0 aliphatic rings. The van der Waals surface area contributed by atoms with Gasteiger partial charge in [-0.3, -0.25) is 19.7 Å². The number of nitro benzene ring substituents is 1. The van der Waals surface area contributed by atoms with Gasteiger partial charge in [-0.2, -0.15) is 0 Å². The van der Waals surface area contributed by atoms with Gasteiger partial charge in [-0.15, -0.1) is 0 Å². The molecule has 0 atom stereocenters. The van der Waals surface area contributed by atoms with Crippen LogP contribution in [0.2, 0.25) is 0 Å². The minimum Gasteiger partial charge on any atom is -0.493 e. The summed E-state index contributed by atoms with van der Waals surface area (Å²) in [6.45, 7) is 0.0876. The van der Waals surface area contributed by atoms with Crippen LogP contribution in [-0.2, 0) is 11.3 Å². The molecule has 2 aromatic carbocycles. The molecule has 0 spiro atoms. The lowest BCUT2D eigenvalue weighted by Gasteiger charge is -2.12. The number of carbonyl (C=O) groups excluding carboxylic acids is 2. The molecule has 1 heterocycles. The predicted octanol–water partition coefficient (Wildman–Crippen LogP) is 3.29. The molecule has 170 valence electrons. The smallest absolute Gasteiger partial charge is 0.270 e. The van der Waals surface area contributed by atoms with Gasteiger partial charge in [-0.05, 0) is 42.0 Å². The average molecular weight is 451 g/mol. The molecule has 33 heavy (non-hydrogen) atoms. The second kappa shape index (κ2) is 10.6. The van der Waals surface area contributed by atoms with Crippen LogP contribution in [-0.4, -0.2) is 31.0 Å². The Labute approximate surface area is 189 Å². The third kappa shape index (κ3) is 5.97. The van der Waals surface area contributed by atoms with Gasteiger partial charge in [0.15, 0.2) is 11.5 Å². The van der Waals surface area contributed by atoms with Crippen molar-refractivity contribution in [3.8, 4) is 11.5 Å². The Morgan fingerprint density at radius 2 is 1.85 bits per heavy atom. The van der Waals surface area contributed by atoms with E-state index in [-0.39, 0.29) is 23.5 Å². The fourth-order valence-electron chi connectivity index (χ4n) is 2.90. The number of furan rings is 1. The number of rotatable bonds is 9. The summed E-state index contributed by atoms with van der Waals surface area (Å²) in [5.41, 5.74) is 0.323. The van der Waals surface area contributed by atoms with Crippen LogP contribution in [0.25, 0.3) is 6.08 Å². The Balaban J connectivity index is 1.89. The molecular formula is C23H21N3O7. The molecule has 0 radical (unpaired) electrons. The monoisotopic (exact) mass is 451 g/mol. The highest BCUT2D eigenvalue weighted by Gasteiger charge is 2.17. The standard InChI is InChI=1S/C23H21N3O7/c1-31-20-9-8-16(13-21(20)32-2)22(27)25-19(23(28)24-14-18-7-4-10-33-18)12-15-5-3-6-17(11-15)26(29)30/h3-13H,14H2,1-2H3,(H,24,28)(H,25,27)/b19-12-. The van der Waals surface area contributed by atoms with Crippen molar-refractivity contribution in [2.24, 2.45) is 0 Å². The molecule has 3 rings (SSSR count). The molecule has 2 amide bonds. The van der Waals surface area contributed by atoms with E-state index in [0.717, 1.165) is 0 Å². The van der Waals surface area contributed by atoms with Crippen LogP contribution >= 0.6 is 0 Å². The van der Waals surface area contributed by atoms with Gasteiger partial charge in [0.25, 0.3) is 17.5 Å². The summed E-state index contributed by atoms with van der Waals surface area (Å²) in [6, 6.07) is 13.6. The predicted molar refractivity (Wildman–Crippen MR) is 119 cm³/mol. The molecule has 0 fully saturated rings. The van der Waals surface area contributed by atoms with Crippen LogP contribution in [0.5, 0.6) is 11.5 Å². The number of amides is 2. The first-order valence-electron chi connectivity index (χ1n) is 9.71. The molecule has 2 N–H and O–H groups in total. The fourth-order valence-corrected chi connectivity index (χ4v) is 2.90. The fraction of sp³-hybridized carbons (Fsp3) is 0.130. The topological polar surface area (TPSA) is 133 Å². The van der Waals surface area contributed by atoms with Crippen molar-refractivity contribution < 1.29 is 28.4 Å². The van der Waals surface area contributed by atoms with Crippen molar-refractivity contribution in [1.82, 2.24) is 10.6 Å². The van der Waals surface area contributed by atoms with E-state index in [1.54, 1.807) is 24.3 Å². The van der Waals surface area contributed by atoms with E-state index in [2.05, 4.69) is 10.6 Å². The lowest BCUT2D eigenvalue weighted by molar-refractivity contribution is -0.384. The largest absolute Gasteiger partial charge is 0.493 e. The van der Waals surface area contributed by atoms with Crippen LogP contribution in [0, 0.1) is 10.1 Å². The van der Waals surface area contributed by atoms with E-state index >= 15 is 0 Å². The van der Waals surface area contributed by atoms with Gasteiger partial charge in [0.2, 0.25) is 0 Å². The summed E-state index contributed by atoms with van der Waals surface area (Å²) in [5.74, 6) is 0.117. The Morgan fingerprint density at radius 3 is 2.52 bits per heavy atom. The van der Waals surface area contributed by atoms with Crippen molar-refractivity contribution in [2.45, 2.75) is 6.54 Å². The lowest BCUT2D eigenvalue weighted by Crippen LogP contribution is -2.34. The van der Waals surface area contributed by atoms with Crippen LogP contribution in [0.3, 0.4) is 0 Å². The molecule has 0 saturated carbocycles. The van der Waals surface area contributed by atoms with Crippen molar-refractivity contribution in [1.29, 1.82) is 0 Å². The third-order valence-corrected chi connectivity index (χ3v) is 4.53. The summed E-state index contributed by atoms with van der Waals surface area (Å²) in [4.78, 5) is 36.2. The molecular weight excluding hydrogens is 430 g/mol. The van der Waals surface area contributed by atoms with E-state index < -0.39 is 16.7 Å². The Kier molecular flexibility index (Phi) is 7.43. The second-order valence-corrected chi connectivity index (χ2v) is 6.70. The zero-order valence-corrected chi connectivity index (χ0v) is 17.9. The van der Waals surface area contributed by atoms with Crippen LogP contribution < -0.4 is 20.1 Å². The molecule has 0 unspecified atom stereocenters. The quantitative estimate of drug-likeness (QED) is 0.290. The highest BCUT2D eigenvalue weighted by molar-refractivity contribution is 6.05. The number of methoxy groups -OCH3 is 2. The summed E-state index contributed by atoms with van der Waals surface area (Å²) >= 11 is 0. The number of nitro groups is 1. The van der Waals surface area contributed by atoms with E-state index in [0.29, 0.717) is 22.8 Å². The zero-order valence-electron chi connectivity index (χ0n) is 17.9. The first-order chi connectivity index (χ1) is 15.9. The molecule has 1 aromatic heterocycles. The van der Waals surface area contributed by atoms with Crippen molar-refractivity contribution in [3.05, 3.63) is 93.6 Å². The maximum Gasteiger partial charge on any atom is 0.270 e. The number of nitrogens with zero attached hydrogens (tertiary/aromatic N) is 1. The minimum absolute atomic E-state index is 0.0876. The number of non-ortho nitro benzene ring substituents is 1. The van der Waals surface area contributed by atoms with Gasteiger partial charge in [-0.1, -0.05) is 12.1 Å². The number of nitrogens with one attached hydrogen (secondary N) is 2. The molecule has 10 nitrogen and oxygen atoms in total. The van der Waals surface area contributed by atoms with E-state index in [1.807, 2.05) is 0 Å². The second-order valence-electron chi connectivity index (χ2n) is 6.70. The molecule has 3 aromatic rings. The van der Waals surface area contributed by atoms with Gasteiger partial charge >= 0.3 is 0 Å². The zero-order chi connectivity index (χ0) is 23.8. The van der Waals surface area contributed by atoms with E-state index in [4.69, 9.17) is 13.9 Å². The maximum atomic E-state index is 12.9. The third-order valence-electron chi connectivity index (χ3n) is 4.53. The molecule has 0 aliphatic carbocycles. The number of carbonyl (C=O) groups is 2. The van der Waals surface area contributed by atoms with Gasteiger partial charge in [-0.25, -0.2) is 0 Å². The van der Waals surface area contributed by atoms with Crippen LogP contribution in [0.1, 0.15) is 21.7 Å². The number of ether oxygens (including phenoxy) is 2. The van der Waals surface area contributed by atoms with Gasteiger partial charge in [0.1, 0.15) is 11.5 Å². The first kappa shape index (κ1) is 23.1. The summed E-state index contributed by atoms with van der Waals surface area (Å²) in [7, 11) is 2.91. The van der Waals surface area contributed by atoms with Gasteiger partial charge in [0.05, 0.1) is 32.0 Å². The lowest BCUT2D eigenvalue weighted by atomic mass is 10.1. The summed E-state index contributed by atoms with van der Waals surface area (Å²) in [6.07, 6.45) is 2.82. The van der Waals surface area contributed by atoms with Crippen molar-refractivity contribution in [3.63, 3.8) is 0 Å². The molecule has 0 saturated heterocycles. The molecule has 0 aliphatic heterocycles.